The summed E-state index contributed by atoms with van der Waals surface area (Å²) in [5.41, 5.74) is 2.34. The lowest BCUT2D eigenvalue weighted by molar-refractivity contribution is 0.798. The van der Waals surface area contributed by atoms with E-state index in [2.05, 4.69) is 16.7 Å². The minimum atomic E-state index is 0.484. The van der Waals surface area contributed by atoms with E-state index in [-0.39, 0.29) is 0 Å². The summed E-state index contributed by atoms with van der Waals surface area (Å²) in [6, 6.07) is 14.3. The van der Waals surface area contributed by atoms with Crippen LogP contribution in [0.15, 0.2) is 48.8 Å². The third-order valence-corrected chi connectivity index (χ3v) is 2.41. The summed E-state index contributed by atoms with van der Waals surface area (Å²) in [4.78, 5) is 0. The second kappa shape index (κ2) is 4.47. The second-order valence-electron chi connectivity index (χ2n) is 3.46. The fraction of sp³-hybridized carbons (Fsp3) is 0.154. The predicted octanol–water partition coefficient (Wildman–Crippen LogP) is 2.60. The monoisotopic (exact) mass is 196 g/mol. The van der Waals surface area contributed by atoms with Crippen molar-refractivity contribution in [3.63, 3.8) is 0 Å². The van der Waals surface area contributed by atoms with Crippen molar-refractivity contribution in [2.24, 2.45) is 0 Å². The van der Waals surface area contributed by atoms with Gasteiger partial charge in [0, 0.05) is 18.9 Å². The molecule has 2 heteroatoms. The fourth-order valence-electron chi connectivity index (χ4n) is 1.64. The standard InChI is InChI=1S/C13H12N2/c14-8-7-12-5-1-2-6-13(12)11-15-9-3-4-10-15/h1-6,9-10H,7,11H2. The Morgan fingerprint density at radius 2 is 1.67 bits per heavy atom. The molecule has 15 heavy (non-hydrogen) atoms. The van der Waals surface area contributed by atoms with Gasteiger partial charge in [-0.15, -0.1) is 0 Å². The number of nitriles is 1. The van der Waals surface area contributed by atoms with Gasteiger partial charge < -0.3 is 4.57 Å². The number of hydrogen-bond donors (Lipinski definition) is 0. The molecule has 0 atom stereocenters. The minimum absolute atomic E-state index is 0.484. The third-order valence-electron chi connectivity index (χ3n) is 2.41. The van der Waals surface area contributed by atoms with E-state index in [0.29, 0.717) is 6.42 Å². The van der Waals surface area contributed by atoms with Crippen LogP contribution in [0.1, 0.15) is 11.1 Å². The molecule has 0 saturated heterocycles. The topological polar surface area (TPSA) is 28.7 Å². The first-order valence-corrected chi connectivity index (χ1v) is 4.94. The molecule has 1 heterocycles. The van der Waals surface area contributed by atoms with E-state index in [0.717, 1.165) is 12.1 Å². The molecule has 0 unspecified atom stereocenters. The van der Waals surface area contributed by atoms with Gasteiger partial charge in [0.1, 0.15) is 0 Å². The zero-order chi connectivity index (χ0) is 10.5. The fourth-order valence-corrected chi connectivity index (χ4v) is 1.64. The smallest absolute Gasteiger partial charge is 0.0669 e. The van der Waals surface area contributed by atoms with Crippen LogP contribution in [-0.2, 0) is 13.0 Å². The lowest BCUT2D eigenvalue weighted by atomic mass is 10.1. The lowest BCUT2D eigenvalue weighted by Crippen LogP contribution is -2.00. The van der Waals surface area contributed by atoms with Crippen LogP contribution in [0.5, 0.6) is 0 Å². The molecule has 0 aliphatic heterocycles. The highest BCUT2D eigenvalue weighted by Gasteiger charge is 2.00. The second-order valence-corrected chi connectivity index (χ2v) is 3.46. The van der Waals surface area contributed by atoms with Gasteiger partial charge in [0.25, 0.3) is 0 Å². The van der Waals surface area contributed by atoms with E-state index in [1.165, 1.54) is 5.56 Å². The SMILES string of the molecule is N#CCc1ccccc1Cn1cccc1. The highest BCUT2D eigenvalue weighted by molar-refractivity contribution is 5.29. The van der Waals surface area contributed by atoms with Crippen LogP contribution >= 0.6 is 0 Å². The van der Waals surface area contributed by atoms with E-state index in [1.807, 2.05) is 42.7 Å². The summed E-state index contributed by atoms with van der Waals surface area (Å²) in [5.74, 6) is 0. The van der Waals surface area contributed by atoms with E-state index in [9.17, 15) is 0 Å². The number of aromatic nitrogens is 1. The molecule has 0 radical (unpaired) electrons. The first kappa shape index (κ1) is 9.54. The summed E-state index contributed by atoms with van der Waals surface area (Å²) in [6.07, 6.45) is 4.55. The average molecular weight is 196 g/mol. The Labute approximate surface area is 89.4 Å². The summed E-state index contributed by atoms with van der Waals surface area (Å²) in [5, 5.41) is 8.71. The van der Waals surface area contributed by atoms with Crippen molar-refractivity contribution < 1.29 is 0 Å². The maximum absolute atomic E-state index is 8.71. The average Bonchev–Trinajstić information content (AvgIpc) is 2.74. The predicted molar refractivity (Wildman–Crippen MR) is 59.3 cm³/mol. The first-order chi connectivity index (χ1) is 7.40. The van der Waals surface area contributed by atoms with Crippen LogP contribution in [0.2, 0.25) is 0 Å². The van der Waals surface area contributed by atoms with Gasteiger partial charge in [-0.3, -0.25) is 0 Å². The zero-order valence-electron chi connectivity index (χ0n) is 8.43. The number of nitrogens with zero attached hydrogens (tertiary/aromatic N) is 2. The van der Waals surface area contributed by atoms with Crippen LogP contribution in [0.25, 0.3) is 0 Å². The molecule has 2 nitrogen and oxygen atoms in total. The van der Waals surface area contributed by atoms with Gasteiger partial charge in [0.05, 0.1) is 12.5 Å². The van der Waals surface area contributed by atoms with Crippen LogP contribution in [0, 0.1) is 11.3 Å². The molecule has 1 aromatic carbocycles. The van der Waals surface area contributed by atoms with E-state index < -0.39 is 0 Å². The Morgan fingerprint density at radius 3 is 2.33 bits per heavy atom. The molecular weight excluding hydrogens is 184 g/mol. The molecule has 2 aromatic rings. The van der Waals surface area contributed by atoms with E-state index in [1.54, 1.807) is 0 Å². The summed E-state index contributed by atoms with van der Waals surface area (Å²) < 4.78 is 2.11. The van der Waals surface area contributed by atoms with Gasteiger partial charge in [-0.25, -0.2) is 0 Å². The Balaban J connectivity index is 2.24. The van der Waals surface area contributed by atoms with Crippen LogP contribution in [0.4, 0.5) is 0 Å². The van der Waals surface area contributed by atoms with Gasteiger partial charge in [0.15, 0.2) is 0 Å². The summed E-state index contributed by atoms with van der Waals surface area (Å²) in [6.45, 7) is 0.838. The van der Waals surface area contributed by atoms with Crippen molar-refractivity contribution in [2.45, 2.75) is 13.0 Å². The molecule has 0 spiro atoms. The maximum Gasteiger partial charge on any atom is 0.0669 e. The molecule has 0 saturated carbocycles. The largest absolute Gasteiger partial charge is 0.350 e. The van der Waals surface area contributed by atoms with Crippen LogP contribution < -0.4 is 0 Å². The molecule has 0 aliphatic carbocycles. The van der Waals surface area contributed by atoms with Crippen LogP contribution in [-0.4, -0.2) is 4.57 Å². The first-order valence-electron chi connectivity index (χ1n) is 4.94. The van der Waals surface area contributed by atoms with Crippen molar-refractivity contribution >= 4 is 0 Å². The highest BCUT2D eigenvalue weighted by atomic mass is 14.9. The van der Waals surface area contributed by atoms with Gasteiger partial charge >= 0.3 is 0 Å². The van der Waals surface area contributed by atoms with Crippen LogP contribution in [0.3, 0.4) is 0 Å². The maximum atomic E-state index is 8.71. The number of benzene rings is 1. The van der Waals surface area contributed by atoms with Crippen molar-refractivity contribution in [1.29, 1.82) is 5.26 Å². The molecule has 2 rings (SSSR count). The molecular formula is C13H12N2. The quantitative estimate of drug-likeness (QED) is 0.741. The normalized spacial score (nSPS) is 9.80. The van der Waals surface area contributed by atoms with Gasteiger partial charge in [-0.1, -0.05) is 24.3 Å². The van der Waals surface area contributed by atoms with Crippen molar-refractivity contribution in [1.82, 2.24) is 4.57 Å². The third kappa shape index (κ3) is 2.26. The molecule has 0 N–H and O–H groups in total. The van der Waals surface area contributed by atoms with Gasteiger partial charge in [-0.2, -0.15) is 5.26 Å². The lowest BCUT2D eigenvalue weighted by Gasteiger charge is -2.07. The van der Waals surface area contributed by atoms with E-state index >= 15 is 0 Å². The van der Waals surface area contributed by atoms with Crippen molar-refractivity contribution in [3.8, 4) is 6.07 Å². The van der Waals surface area contributed by atoms with E-state index in [4.69, 9.17) is 5.26 Å². The van der Waals surface area contributed by atoms with Gasteiger partial charge in [-0.05, 0) is 23.3 Å². The molecule has 1 aromatic heterocycles. The van der Waals surface area contributed by atoms with Crippen molar-refractivity contribution in [2.75, 3.05) is 0 Å². The number of hydrogen-bond acceptors (Lipinski definition) is 1. The summed E-state index contributed by atoms with van der Waals surface area (Å²) in [7, 11) is 0. The summed E-state index contributed by atoms with van der Waals surface area (Å²) >= 11 is 0. The minimum Gasteiger partial charge on any atom is -0.350 e. The van der Waals surface area contributed by atoms with Gasteiger partial charge in [0.2, 0.25) is 0 Å². The Morgan fingerprint density at radius 1 is 1.00 bits per heavy atom. The molecule has 0 aliphatic rings. The Hall–Kier alpha value is -2.01. The molecule has 74 valence electrons. The Kier molecular flexibility index (Phi) is 2.85. The molecule has 0 bridgehead atoms. The highest BCUT2D eigenvalue weighted by Crippen LogP contribution is 2.11. The molecule has 0 amide bonds. The molecule has 0 fully saturated rings. The Bertz CT molecular complexity index is 464. The zero-order valence-corrected chi connectivity index (χ0v) is 8.43. The van der Waals surface area contributed by atoms with Crippen molar-refractivity contribution in [3.05, 3.63) is 59.9 Å². The number of rotatable bonds is 3.